The van der Waals surface area contributed by atoms with Crippen LogP contribution in [0.1, 0.15) is 5.56 Å². The van der Waals surface area contributed by atoms with Crippen molar-refractivity contribution in [3.05, 3.63) is 90.2 Å². The zero-order valence-corrected chi connectivity index (χ0v) is 18.7. The normalized spacial score (nSPS) is 11.2. The number of ether oxygens (including phenoxy) is 1. The largest absolute Gasteiger partial charge is 0.494 e. The van der Waals surface area contributed by atoms with Crippen molar-refractivity contribution in [1.29, 1.82) is 0 Å². The standard InChI is InChI=1S/C23H20FN3O3S2/c1-30-20-13-12-17(14-19(20)24)21-22(27-32(28,29)18-10-6-3-7-11-18)31-23(26-21)25-15-16-8-4-2-5-9-16/h2-14,27H,15H2,1H3,(H,25,26). The van der Waals surface area contributed by atoms with E-state index in [-0.39, 0.29) is 15.6 Å². The van der Waals surface area contributed by atoms with E-state index in [9.17, 15) is 12.8 Å². The minimum Gasteiger partial charge on any atom is -0.494 e. The molecule has 3 aromatic carbocycles. The quantitative estimate of drug-likeness (QED) is 0.363. The number of nitrogens with one attached hydrogen (secondary N) is 2. The maximum atomic E-state index is 14.3. The van der Waals surface area contributed by atoms with Gasteiger partial charge in [0.2, 0.25) is 0 Å². The van der Waals surface area contributed by atoms with E-state index in [0.29, 0.717) is 22.9 Å². The number of rotatable bonds is 8. The van der Waals surface area contributed by atoms with Crippen molar-refractivity contribution in [2.45, 2.75) is 11.4 Å². The van der Waals surface area contributed by atoms with Gasteiger partial charge in [-0.05, 0) is 35.9 Å². The van der Waals surface area contributed by atoms with Crippen LogP contribution in [0, 0.1) is 5.82 Å². The lowest BCUT2D eigenvalue weighted by molar-refractivity contribution is 0.386. The molecule has 0 radical (unpaired) electrons. The molecule has 0 spiro atoms. The van der Waals surface area contributed by atoms with Crippen molar-refractivity contribution in [1.82, 2.24) is 4.98 Å². The molecule has 0 fully saturated rings. The fourth-order valence-corrected chi connectivity index (χ4v) is 5.23. The van der Waals surface area contributed by atoms with Gasteiger partial charge in [-0.1, -0.05) is 59.9 Å². The highest BCUT2D eigenvalue weighted by Gasteiger charge is 2.21. The third-order valence-electron chi connectivity index (χ3n) is 4.62. The van der Waals surface area contributed by atoms with E-state index in [1.165, 1.54) is 31.4 Å². The molecule has 0 bridgehead atoms. The first-order valence-corrected chi connectivity index (χ1v) is 12.0. The Morgan fingerprint density at radius 1 is 1.00 bits per heavy atom. The van der Waals surface area contributed by atoms with Crippen molar-refractivity contribution in [2.75, 3.05) is 17.1 Å². The zero-order valence-electron chi connectivity index (χ0n) is 17.1. The van der Waals surface area contributed by atoms with Gasteiger partial charge < -0.3 is 10.1 Å². The van der Waals surface area contributed by atoms with Crippen LogP contribution in [0.25, 0.3) is 11.3 Å². The third kappa shape index (κ3) is 4.90. The molecule has 0 saturated carbocycles. The summed E-state index contributed by atoms with van der Waals surface area (Å²) in [5.41, 5.74) is 1.80. The number of aromatic nitrogens is 1. The van der Waals surface area contributed by atoms with Crippen molar-refractivity contribution in [3.8, 4) is 17.0 Å². The highest BCUT2D eigenvalue weighted by Crippen LogP contribution is 2.38. The molecule has 0 saturated heterocycles. The van der Waals surface area contributed by atoms with Crippen LogP contribution in [0.4, 0.5) is 14.5 Å². The molecule has 0 aliphatic carbocycles. The van der Waals surface area contributed by atoms with Crippen LogP contribution in [0.2, 0.25) is 0 Å². The highest BCUT2D eigenvalue weighted by molar-refractivity contribution is 7.93. The number of benzene rings is 3. The second-order valence-electron chi connectivity index (χ2n) is 6.80. The van der Waals surface area contributed by atoms with Gasteiger partial charge in [-0.2, -0.15) is 0 Å². The molecule has 2 N–H and O–H groups in total. The summed E-state index contributed by atoms with van der Waals surface area (Å²) in [5.74, 6) is -0.466. The topological polar surface area (TPSA) is 80.3 Å². The molecule has 0 atom stereocenters. The van der Waals surface area contributed by atoms with Crippen LogP contribution in [0.3, 0.4) is 0 Å². The Morgan fingerprint density at radius 3 is 2.34 bits per heavy atom. The van der Waals surface area contributed by atoms with Crippen LogP contribution in [0.15, 0.2) is 83.8 Å². The lowest BCUT2D eigenvalue weighted by atomic mass is 10.1. The Kier molecular flexibility index (Phi) is 6.38. The van der Waals surface area contributed by atoms with Gasteiger partial charge in [-0.3, -0.25) is 4.72 Å². The summed E-state index contributed by atoms with van der Waals surface area (Å²) in [6.07, 6.45) is 0. The second-order valence-corrected chi connectivity index (χ2v) is 9.49. The first-order chi connectivity index (χ1) is 15.5. The van der Waals surface area contributed by atoms with Gasteiger partial charge in [0.15, 0.2) is 16.7 Å². The fourth-order valence-electron chi connectivity index (χ4n) is 3.03. The van der Waals surface area contributed by atoms with Crippen molar-refractivity contribution < 1.29 is 17.5 Å². The molecule has 0 amide bonds. The van der Waals surface area contributed by atoms with Gasteiger partial charge in [-0.25, -0.2) is 17.8 Å². The van der Waals surface area contributed by atoms with E-state index in [1.54, 1.807) is 24.3 Å². The molecule has 164 valence electrons. The summed E-state index contributed by atoms with van der Waals surface area (Å²) in [6, 6.07) is 22.2. The highest BCUT2D eigenvalue weighted by atomic mass is 32.2. The maximum Gasteiger partial charge on any atom is 0.262 e. The van der Waals surface area contributed by atoms with E-state index in [0.717, 1.165) is 16.9 Å². The average Bonchev–Trinajstić information content (AvgIpc) is 3.21. The number of nitrogens with zero attached hydrogens (tertiary/aromatic N) is 1. The number of hydrogen-bond acceptors (Lipinski definition) is 6. The van der Waals surface area contributed by atoms with Crippen molar-refractivity contribution in [3.63, 3.8) is 0 Å². The van der Waals surface area contributed by atoms with Gasteiger partial charge in [0.05, 0.1) is 12.0 Å². The molecule has 0 unspecified atom stereocenters. The second kappa shape index (κ2) is 9.37. The van der Waals surface area contributed by atoms with Crippen molar-refractivity contribution in [2.24, 2.45) is 0 Å². The van der Waals surface area contributed by atoms with E-state index in [4.69, 9.17) is 4.74 Å². The van der Waals surface area contributed by atoms with Gasteiger partial charge >= 0.3 is 0 Å². The van der Waals surface area contributed by atoms with Crippen molar-refractivity contribution >= 4 is 31.5 Å². The summed E-state index contributed by atoms with van der Waals surface area (Å²) in [5, 5.41) is 4.00. The molecular weight excluding hydrogens is 449 g/mol. The first-order valence-electron chi connectivity index (χ1n) is 9.66. The zero-order chi connectivity index (χ0) is 22.6. The number of methoxy groups -OCH3 is 1. The van der Waals surface area contributed by atoms with Gasteiger partial charge in [0.1, 0.15) is 10.7 Å². The lowest BCUT2D eigenvalue weighted by Gasteiger charge is -2.08. The molecule has 1 aromatic heterocycles. The average molecular weight is 470 g/mol. The summed E-state index contributed by atoms with van der Waals surface area (Å²) in [4.78, 5) is 4.67. The van der Waals surface area contributed by atoms with E-state index in [1.807, 2.05) is 30.3 Å². The molecule has 9 heteroatoms. The Labute approximate surface area is 189 Å². The Morgan fingerprint density at radius 2 is 1.69 bits per heavy atom. The number of halogens is 1. The number of hydrogen-bond donors (Lipinski definition) is 2. The number of thiazole rings is 1. The van der Waals surface area contributed by atoms with Gasteiger partial charge in [0.25, 0.3) is 10.0 Å². The summed E-state index contributed by atoms with van der Waals surface area (Å²) >= 11 is 1.14. The predicted molar refractivity (Wildman–Crippen MR) is 125 cm³/mol. The first kappa shape index (κ1) is 21.8. The molecule has 0 aliphatic rings. The van der Waals surface area contributed by atoms with E-state index in [2.05, 4.69) is 15.0 Å². The molecular formula is C23H20FN3O3S2. The predicted octanol–water partition coefficient (Wildman–Crippen LogP) is 5.37. The molecule has 32 heavy (non-hydrogen) atoms. The van der Waals surface area contributed by atoms with Gasteiger partial charge in [-0.15, -0.1) is 0 Å². The van der Waals surface area contributed by atoms with Crippen LogP contribution in [-0.2, 0) is 16.6 Å². The smallest absolute Gasteiger partial charge is 0.262 e. The molecule has 4 rings (SSSR count). The molecule has 0 aliphatic heterocycles. The van der Waals surface area contributed by atoms with E-state index >= 15 is 0 Å². The summed E-state index contributed by atoms with van der Waals surface area (Å²) < 4.78 is 47.7. The summed E-state index contributed by atoms with van der Waals surface area (Å²) in [6.45, 7) is 0.510. The Hall–Kier alpha value is -3.43. The Bertz CT molecular complexity index is 1310. The molecule has 6 nitrogen and oxygen atoms in total. The molecule has 1 heterocycles. The molecule has 4 aromatic rings. The van der Waals surface area contributed by atoms with E-state index < -0.39 is 15.8 Å². The number of anilines is 2. The monoisotopic (exact) mass is 469 g/mol. The minimum absolute atomic E-state index is 0.0952. The third-order valence-corrected chi connectivity index (χ3v) is 7.04. The SMILES string of the molecule is COc1ccc(-c2nc(NCc3ccccc3)sc2NS(=O)(=O)c2ccccc2)cc1F. The van der Waals surface area contributed by atoms with Crippen LogP contribution < -0.4 is 14.8 Å². The minimum atomic E-state index is -3.85. The Balaban J connectivity index is 1.69. The number of sulfonamides is 1. The summed E-state index contributed by atoms with van der Waals surface area (Å²) in [7, 11) is -2.47. The van der Waals surface area contributed by atoms with Crippen LogP contribution in [-0.4, -0.2) is 20.5 Å². The maximum absolute atomic E-state index is 14.3. The van der Waals surface area contributed by atoms with Crippen LogP contribution >= 0.6 is 11.3 Å². The van der Waals surface area contributed by atoms with Crippen LogP contribution in [0.5, 0.6) is 5.75 Å². The lowest BCUT2D eigenvalue weighted by Crippen LogP contribution is -2.12. The fraction of sp³-hybridized carbons (Fsp3) is 0.0870. The van der Waals surface area contributed by atoms with Gasteiger partial charge in [0, 0.05) is 12.1 Å².